The quantitative estimate of drug-likeness (QED) is 0.841. The first kappa shape index (κ1) is 12.1. The summed E-state index contributed by atoms with van der Waals surface area (Å²) in [6.07, 6.45) is 0.785. The van der Waals surface area contributed by atoms with Gasteiger partial charge in [0.1, 0.15) is 13.2 Å². The molecule has 1 unspecified atom stereocenters. The van der Waals surface area contributed by atoms with Crippen molar-refractivity contribution in [3.63, 3.8) is 0 Å². The molecule has 19 heavy (non-hydrogen) atoms. The second kappa shape index (κ2) is 4.97. The molecule has 0 aromatic heterocycles. The van der Waals surface area contributed by atoms with Crippen LogP contribution in [0.2, 0.25) is 0 Å². The lowest BCUT2D eigenvalue weighted by molar-refractivity contribution is 0.171. The van der Waals surface area contributed by atoms with Crippen LogP contribution in [0.3, 0.4) is 0 Å². The number of hydrogen-bond donors (Lipinski definition) is 2. The molecule has 0 saturated carbocycles. The molecule has 3 rings (SSSR count). The SMILES string of the molecule is NCCC1CN(c2ccc3c(c2)OCCO3)C(=O)N1. The fourth-order valence-electron chi connectivity index (χ4n) is 2.39. The van der Waals surface area contributed by atoms with Crippen molar-refractivity contribution in [2.75, 3.05) is 31.2 Å². The first-order valence-corrected chi connectivity index (χ1v) is 6.45. The Morgan fingerprint density at radius 3 is 2.89 bits per heavy atom. The van der Waals surface area contributed by atoms with Gasteiger partial charge in [-0.2, -0.15) is 0 Å². The molecule has 2 aliphatic heterocycles. The van der Waals surface area contributed by atoms with E-state index in [-0.39, 0.29) is 12.1 Å². The molecule has 0 spiro atoms. The van der Waals surface area contributed by atoms with E-state index in [2.05, 4.69) is 5.32 Å². The monoisotopic (exact) mass is 263 g/mol. The van der Waals surface area contributed by atoms with E-state index < -0.39 is 0 Å². The predicted molar refractivity (Wildman–Crippen MR) is 70.8 cm³/mol. The highest BCUT2D eigenvalue weighted by atomic mass is 16.6. The van der Waals surface area contributed by atoms with Gasteiger partial charge in [-0.3, -0.25) is 4.90 Å². The predicted octanol–water partition coefficient (Wildman–Crippen LogP) is 0.705. The van der Waals surface area contributed by atoms with Crippen molar-refractivity contribution in [1.82, 2.24) is 5.32 Å². The van der Waals surface area contributed by atoms with Gasteiger partial charge < -0.3 is 20.5 Å². The zero-order valence-electron chi connectivity index (χ0n) is 10.6. The molecule has 1 aromatic carbocycles. The first-order valence-electron chi connectivity index (χ1n) is 6.45. The Balaban J connectivity index is 1.80. The van der Waals surface area contributed by atoms with Crippen molar-refractivity contribution in [1.29, 1.82) is 0 Å². The Labute approximate surface area is 111 Å². The normalized spacial score (nSPS) is 21.4. The van der Waals surface area contributed by atoms with Gasteiger partial charge in [-0.05, 0) is 25.1 Å². The minimum absolute atomic E-state index is 0.0878. The number of fused-ring (bicyclic) bond motifs is 1. The van der Waals surface area contributed by atoms with E-state index in [0.29, 0.717) is 32.1 Å². The average Bonchev–Trinajstić information content (AvgIpc) is 2.79. The van der Waals surface area contributed by atoms with Crippen molar-refractivity contribution in [3.8, 4) is 11.5 Å². The molecule has 102 valence electrons. The molecule has 6 heteroatoms. The van der Waals surface area contributed by atoms with Gasteiger partial charge in [0.05, 0.1) is 0 Å². The highest BCUT2D eigenvalue weighted by Gasteiger charge is 2.29. The number of anilines is 1. The number of urea groups is 1. The molecule has 6 nitrogen and oxygen atoms in total. The minimum atomic E-state index is -0.0878. The molecule has 1 fully saturated rings. The highest BCUT2D eigenvalue weighted by Crippen LogP contribution is 2.34. The number of nitrogens with zero attached hydrogens (tertiary/aromatic N) is 1. The zero-order chi connectivity index (χ0) is 13.2. The molecule has 2 heterocycles. The third-order valence-electron chi connectivity index (χ3n) is 3.33. The van der Waals surface area contributed by atoms with Crippen molar-refractivity contribution in [2.45, 2.75) is 12.5 Å². The van der Waals surface area contributed by atoms with Gasteiger partial charge in [0, 0.05) is 24.3 Å². The maximum atomic E-state index is 11.9. The van der Waals surface area contributed by atoms with Crippen LogP contribution in [0.15, 0.2) is 18.2 Å². The summed E-state index contributed by atoms with van der Waals surface area (Å²) in [5.74, 6) is 1.42. The zero-order valence-corrected chi connectivity index (χ0v) is 10.6. The summed E-state index contributed by atoms with van der Waals surface area (Å²) >= 11 is 0. The third kappa shape index (κ3) is 2.31. The number of ether oxygens (including phenoxy) is 2. The van der Waals surface area contributed by atoms with E-state index in [1.807, 2.05) is 18.2 Å². The van der Waals surface area contributed by atoms with Crippen molar-refractivity contribution < 1.29 is 14.3 Å². The smallest absolute Gasteiger partial charge is 0.322 e. The molecule has 2 amide bonds. The van der Waals surface area contributed by atoms with Gasteiger partial charge in [0.15, 0.2) is 11.5 Å². The standard InChI is InChI=1S/C13H17N3O3/c14-4-3-9-8-16(13(17)15-9)10-1-2-11-12(7-10)19-6-5-18-11/h1-2,7,9H,3-6,8,14H2,(H,15,17). The number of rotatable bonds is 3. The van der Waals surface area contributed by atoms with Crippen LogP contribution in [-0.2, 0) is 0 Å². The number of nitrogens with one attached hydrogen (secondary N) is 1. The second-order valence-corrected chi connectivity index (χ2v) is 4.66. The molecular weight excluding hydrogens is 246 g/mol. The maximum Gasteiger partial charge on any atom is 0.322 e. The fourth-order valence-corrected chi connectivity index (χ4v) is 2.39. The van der Waals surface area contributed by atoms with Crippen LogP contribution in [-0.4, -0.2) is 38.4 Å². The number of carbonyl (C=O) groups is 1. The maximum absolute atomic E-state index is 11.9. The Morgan fingerprint density at radius 2 is 2.11 bits per heavy atom. The minimum Gasteiger partial charge on any atom is -0.486 e. The Hall–Kier alpha value is -1.95. The summed E-state index contributed by atoms with van der Waals surface area (Å²) in [6.45, 7) is 2.31. The van der Waals surface area contributed by atoms with Crippen molar-refractivity contribution in [2.24, 2.45) is 5.73 Å². The number of hydrogen-bond acceptors (Lipinski definition) is 4. The topological polar surface area (TPSA) is 76.8 Å². The Bertz CT molecular complexity index is 492. The highest BCUT2D eigenvalue weighted by molar-refractivity contribution is 5.94. The summed E-state index contributed by atoms with van der Waals surface area (Å²) in [7, 11) is 0. The van der Waals surface area contributed by atoms with E-state index >= 15 is 0 Å². The van der Waals surface area contributed by atoms with Gasteiger partial charge in [-0.25, -0.2) is 4.79 Å². The lowest BCUT2D eigenvalue weighted by Gasteiger charge is -2.21. The van der Waals surface area contributed by atoms with E-state index in [4.69, 9.17) is 15.2 Å². The lowest BCUT2D eigenvalue weighted by Crippen LogP contribution is -2.29. The summed E-state index contributed by atoms with van der Waals surface area (Å²) in [4.78, 5) is 13.6. The van der Waals surface area contributed by atoms with Gasteiger partial charge in [-0.1, -0.05) is 0 Å². The Morgan fingerprint density at radius 1 is 1.32 bits per heavy atom. The van der Waals surface area contributed by atoms with Crippen LogP contribution in [0.4, 0.5) is 10.5 Å². The second-order valence-electron chi connectivity index (χ2n) is 4.66. The van der Waals surface area contributed by atoms with Gasteiger partial charge in [-0.15, -0.1) is 0 Å². The van der Waals surface area contributed by atoms with E-state index in [1.165, 1.54) is 0 Å². The largest absolute Gasteiger partial charge is 0.486 e. The van der Waals surface area contributed by atoms with Crippen LogP contribution in [0.5, 0.6) is 11.5 Å². The summed E-state index contributed by atoms with van der Waals surface area (Å²) in [5, 5.41) is 2.92. The first-order chi connectivity index (χ1) is 9.28. The molecule has 2 aliphatic rings. The molecule has 1 saturated heterocycles. The van der Waals surface area contributed by atoms with Crippen molar-refractivity contribution >= 4 is 11.7 Å². The molecule has 0 aliphatic carbocycles. The molecule has 0 bridgehead atoms. The lowest BCUT2D eigenvalue weighted by atomic mass is 10.2. The summed E-state index contributed by atoms with van der Waals surface area (Å²) in [6, 6.07) is 5.59. The van der Waals surface area contributed by atoms with Crippen LogP contribution < -0.4 is 25.4 Å². The number of carbonyl (C=O) groups excluding carboxylic acids is 1. The van der Waals surface area contributed by atoms with Gasteiger partial charge in [0.25, 0.3) is 0 Å². The third-order valence-corrected chi connectivity index (χ3v) is 3.33. The Kier molecular flexibility index (Phi) is 3.16. The number of benzene rings is 1. The van der Waals surface area contributed by atoms with E-state index in [0.717, 1.165) is 17.9 Å². The van der Waals surface area contributed by atoms with Crippen LogP contribution in [0, 0.1) is 0 Å². The van der Waals surface area contributed by atoms with E-state index in [9.17, 15) is 4.79 Å². The van der Waals surface area contributed by atoms with E-state index in [1.54, 1.807) is 4.90 Å². The summed E-state index contributed by atoms with van der Waals surface area (Å²) < 4.78 is 11.0. The molecule has 1 atom stereocenters. The number of amides is 2. The van der Waals surface area contributed by atoms with Crippen LogP contribution >= 0.6 is 0 Å². The summed E-state index contributed by atoms with van der Waals surface area (Å²) in [5.41, 5.74) is 6.34. The average molecular weight is 263 g/mol. The number of nitrogens with two attached hydrogens (primary N) is 1. The van der Waals surface area contributed by atoms with Crippen LogP contribution in [0.25, 0.3) is 0 Å². The molecular formula is C13H17N3O3. The molecule has 3 N–H and O–H groups in total. The fraction of sp³-hybridized carbons (Fsp3) is 0.462. The van der Waals surface area contributed by atoms with Crippen molar-refractivity contribution in [3.05, 3.63) is 18.2 Å². The van der Waals surface area contributed by atoms with Gasteiger partial charge in [0.2, 0.25) is 0 Å². The molecule has 0 radical (unpaired) electrons. The molecule has 1 aromatic rings. The van der Waals surface area contributed by atoms with Crippen LogP contribution in [0.1, 0.15) is 6.42 Å². The van der Waals surface area contributed by atoms with Gasteiger partial charge >= 0.3 is 6.03 Å².